The van der Waals surface area contributed by atoms with Gasteiger partial charge in [0.2, 0.25) is 17.8 Å². The van der Waals surface area contributed by atoms with Crippen molar-refractivity contribution < 1.29 is 28.9 Å². The molecule has 5 rings (SSSR count). The average molecular weight is 693 g/mol. The molecule has 1 heterocycles. The predicted octanol–water partition coefficient (Wildman–Crippen LogP) is 4.88. The summed E-state index contributed by atoms with van der Waals surface area (Å²) in [6.45, 7) is 2.65. The average Bonchev–Trinajstić information content (AvgIpc) is 3.16. The molecule has 51 heavy (non-hydrogen) atoms. The van der Waals surface area contributed by atoms with Crippen LogP contribution < -0.4 is 31.3 Å². The summed E-state index contributed by atoms with van der Waals surface area (Å²) in [6, 6.07) is 30.2. The maximum atomic E-state index is 12.9. The lowest BCUT2D eigenvalue weighted by Crippen LogP contribution is -2.27. The maximum Gasteiger partial charge on any atom is 0.255 e. The van der Waals surface area contributed by atoms with Gasteiger partial charge in [0, 0.05) is 42.6 Å². The van der Waals surface area contributed by atoms with Crippen LogP contribution in [0.3, 0.4) is 0 Å². The summed E-state index contributed by atoms with van der Waals surface area (Å²) < 4.78 is 16.7. The molecule has 0 saturated carbocycles. The number of ether oxygens (including phenoxy) is 3. The van der Waals surface area contributed by atoms with Crippen molar-refractivity contribution in [2.75, 3.05) is 62.6 Å². The second-order valence-electron chi connectivity index (χ2n) is 11.0. The third kappa shape index (κ3) is 11.7. The lowest BCUT2D eigenvalue weighted by atomic mass is 10.1. The number of nitrogens with one attached hydrogen (secondary N) is 5. The number of rotatable bonds is 19. The molecule has 5 aromatic rings. The summed E-state index contributed by atoms with van der Waals surface area (Å²) in [5.41, 5.74) is 3.21. The van der Waals surface area contributed by atoms with Crippen LogP contribution in [0.5, 0.6) is 11.5 Å². The lowest BCUT2D eigenvalue weighted by molar-refractivity contribution is 0.0519. The van der Waals surface area contributed by atoms with Gasteiger partial charge in [0.1, 0.15) is 11.5 Å². The van der Waals surface area contributed by atoms with E-state index in [1.807, 2.05) is 48.5 Å². The maximum absolute atomic E-state index is 12.9. The van der Waals surface area contributed by atoms with Crippen LogP contribution in [0, 0.1) is 0 Å². The molecule has 0 fully saturated rings. The molecule has 0 aliphatic carbocycles. The molecule has 6 N–H and O–H groups in total. The Hall–Kier alpha value is -6.25. The minimum Gasteiger partial charge on any atom is -0.508 e. The highest BCUT2D eigenvalue weighted by atomic mass is 16.5. The zero-order valence-corrected chi connectivity index (χ0v) is 28.1. The fourth-order valence-corrected chi connectivity index (χ4v) is 4.69. The van der Waals surface area contributed by atoms with Gasteiger partial charge in [-0.2, -0.15) is 15.0 Å². The Morgan fingerprint density at radius 2 is 1.25 bits per heavy atom. The lowest BCUT2D eigenvalue weighted by Gasteiger charge is -2.14. The Labute approximate surface area is 295 Å². The molecule has 2 amide bonds. The molecule has 0 aliphatic heterocycles. The van der Waals surface area contributed by atoms with Crippen LogP contribution in [-0.2, 0) is 16.0 Å². The fraction of sp³-hybridized carbons (Fsp3) is 0.216. The number of phenolic OH excluding ortho intramolecular Hbond substituents is 1. The van der Waals surface area contributed by atoms with E-state index < -0.39 is 0 Å². The van der Waals surface area contributed by atoms with Gasteiger partial charge in [-0.25, -0.2) is 0 Å². The smallest absolute Gasteiger partial charge is 0.255 e. The molecule has 1 aromatic heterocycles. The highest BCUT2D eigenvalue weighted by Gasteiger charge is 2.15. The summed E-state index contributed by atoms with van der Waals surface area (Å²) in [5.74, 6) is 0.855. The second kappa shape index (κ2) is 19.1. The van der Waals surface area contributed by atoms with Gasteiger partial charge in [0.05, 0.1) is 39.1 Å². The standard InChI is InChI=1S/C37H40N8O6/c1-49-32-24-29(14-17-31(32)34(48)40-25-26-8-4-2-5-9-26)42-37-44-35(43-36(45-37)41-28-12-15-30(46)16-13-28)39-19-21-51-23-22-50-20-18-38-33(47)27-10-6-3-7-11-27/h2-17,24,46H,18-23,25H2,1H3,(H,38,47)(H,40,48)(H3,39,41,42,43,44,45). The molecule has 0 bridgehead atoms. The molecule has 0 saturated heterocycles. The van der Waals surface area contributed by atoms with Gasteiger partial charge in [0.25, 0.3) is 11.8 Å². The Morgan fingerprint density at radius 3 is 1.94 bits per heavy atom. The zero-order chi connectivity index (χ0) is 35.7. The molecule has 0 radical (unpaired) electrons. The summed E-state index contributed by atoms with van der Waals surface area (Å²) in [6.07, 6.45) is 0. The van der Waals surface area contributed by atoms with Crippen molar-refractivity contribution >= 4 is 41.0 Å². The monoisotopic (exact) mass is 692 g/mol. The first-order valence-corrected chi connectivity index (χ1v) is 16.3. The molecule has 14 heteroatoms. The largest absolute Gasteiger partial charge is 0.508 e. The Bertz CT molecular complexity index is 1850. The van der Waals surface area contributed by atoms with Crippen LogP contribution in [0.25, 0.3) is 0 Å². The van der Waals surface area contributed by atoms with E-state index in [-0.39, 0.29) is 35.4 Å². The molecule has 0 spiro atoms. The molecule has 0 aliphatic rings. The van der Waals surface area contributed by atoms with E-state index in [0.717, 1.165) is 5.56 Å². The van der Waals surface area contributed by atoms with Crippen LogP contribution in [0.4, 0.5) is 29.2 Å². The molecule has 0 unspecified atom stereocenters. The molecular formula is C37H40N8O6. The van der Waals surface area contributed by atoms with Crippen molar-refractivity contribution in [3.05, 3.63) is 120 Å². The Kier molecular flexibility index (Phi) is 13.5. The number of phenols is 1. The van der Waals surface area contributed by atoms with Gasteiger partial charge in [-0.3, -0.25) is 9.59 Å². The van der Waals surface area contributed by atoms with Gasteiger partial charge in [-0.1, -0.05) is 48.5 Å². The van der Waals surface area contributed by atoms with Crippen LogP contribution in [0.1, 0.15) is 26.3 Å². The first kappa shape index (κ1) is 36.0. The first-order chi connectivity index (χ1) is 25.0. The van der Waals surface area contributed by atoms with Crippen molar-refractivity contribution in [1.82, 2.24) is 25.6 Å². The second-order valence-corrected chi connectivity index (χ2v) is 11.0. The van der Waals surface area contributed by atoms with Gasteiger partial charge in [0.15, 0.2) is 0 Å². The van der Waals surface area contributed by atoms with E-state index in [4.69, 9.17) is 14.2 Å². The number of carbonyl (C=O) groups is 2. The molecule has 14 nitrogen and oxygen atoms in total. The molecule has 0 atom stereocenters. The summed E-state index contributed by atoms with van der Waals surface area (Å²) >= 11 is 0. The van der Waals surface area contributed by atoms with Gasteiger partial charge in [-0.05, 0) is 54.1 Å². The highest BCUT2D eigenvalue weighted by Crippen LogP contribution is 2.26. The first-order valence-electron chi connectivity index (χ1n) is 16.3. The number of anilines is 5. The number of methoxy groups -OCH3 is 1. The Balaban J connectivity index is 1.13. The number of hydrogen-bond donors (Lipinski definition) is 6. The zero-order valence-electron chi connectivity index (χ0n) is 28.1. The van der Waals surface area contributed by atoms with Gasteiger partial charge >= 0.3 is 0 Å². The Morgan fingerprint density at radius 1 is 0.647 bits per heavy atom. The van der Waals surface area contributed by atoms with Gasteiger partial charge in [-0.15, -0.1) is 0 Å². The van der Waals surface area contributed by atoms with Crippen LogP contribution in [0.15, 0.2) is 103 Å². The minimum absolute atomic E-state index is 0.132. The van der Waals surface area contributed by atoms with E-state index in [2.05, 4.69) is 41.5 Å². The number of aromatic hydroxyl groups is 1. The number of aromatic nitrogens is 3. The molecule has 264 valence electrons. The summed E-state index contributed by atoms with van der Waals surface area (Å²) in [4.78, 5) is 38.5. The van der Waals surface area contributed by atoms with E-state index in [0.29, 0.717) is 74.3 Å². The van der Waals surface area contributed by atoms with Crippen molar-refractivity contribution in [1.29, 1.82) is 0 Å². The van der Waals surface area contributed by atoms with Crippen molar-refractivity contribution in [2.24, 2.45) is 0 Å². The topological polar surface area (TPSA) is 181 Å². The molecule has 4 aromatic carbocycles. The van der Waals surface area contributed by atoms with E-state index in [1.165, 1.54) is 7.11 Å². The van der Waals surface area contributed by atoms with Crippen molar-refractivity contribution in [2.45, 2.75) is 6.54 Å². The minimum atomic E-state index is -0.268. The molecular weight excluding hydrogens is 652 g/mol. The number of nitrogens with zero attached hydrogens (tertiary/aromatic N) is 3. The number of benzene rings is 4. The predicted molar refractivity (Wildman–Crippen MR) is 194 cm³/mol. The third-order valence-electron chi connectivity index (χ3n) is 7.23. The number of amides is 2. The van der Waals surface area contributed by atoms with Crippen LogP contribution >= 0.6 is 0 Å². The third-order valence-corrected chi connectivity index (χ3v) is 7.23. The van der Waals surface area contributed by atoms with Crippen molar-refractivity contribution in [3.8, 4) is 11.5 Å². The normalized spacial score (nSPS) is 10.6. The van der Waals surface area contributed by atoms with E-state index >= 15 is 0 Å². The highest BCUT2D eigenvalue weighted by molar-refractivity contribution is 5.97. The fourth-order valence-electron chi connectivity index (χ4n) is 4.69. The number of carbonyl (C=O) groups excluding carboxylic acids is 2. The van der Waals surface area contributed by atoms with E-state index in [1.54, 1.807) is 54.6 Å². The SMILES string of the molecule is COc1cc(Nc2nc(NCCOCCOCCNC(=O)c3ccccc3)nc(Nc3ccc(O)cc3)n2)ccc1C(=O)NCc1ccccc1. The van der Waals surface area contributed by atoms with Gasteiger partial charge < -0.3 is 45.9 Å². The van der Waals surface area contributed by atoms with Crippen LogP contribution in [-0.4, -0.2) is 78.5 Å². The number of hydrogen-bond acceptors (Lipinski definition) is 12. The van der Waals surface area contributed by atoms with E-state index in [9.17, 15) is 14.7 Å². The summed E-state index contributed by atoms with van der Waals surface area (Å²) in [5, 5.41) is 24.8. The quantitative estimate of drug-likeness (QED) is 0.0511. The summed E-state index contributed by atoms with van der Waals surface area (Å²) in [7, 11) is 1.50. The van der Waals surface area contributed by atoms with Crippen LogP contribution in [0.2, 0.25) is 0 Å². The van der Waals surface area contributed by atoms with Crippen molar-refractivity contribution in [3.63, 3.8) is 0 Å².